The van der Waals surface area contributed by atoms with Gasteiger partial charge in [-0.1, -0.05) is 13.8 Å². The van der Waals surface area contributed by atoms with E-state index < -0.39 is 5.60 Å². The zero-order valence-corrected chi connectivity index (χ0v) is 12.9. The molecular formula is C15H25N3O2. The second kappa shape index (κ2) is 5.20. The van der Waals surface area contributed by atoms with Gasteiger partial charge in [0.05, 0.1) is 17.7 Å². The van der Waals surface area contributed by atoms with Gasteiger partial charge in [-0.15, -0.1) is 0 Å². The Morgan fingerprint density at radius 3 is 2.70 bits per heavy atom. The summed E-state index contributed by atoms with van der Waals surface area (Å²) in [6.45, 7) is 6.37. The van der Waals surface area contributed by atoms with Crippen molar-refractivity contribution in [3.8, 4) is 0 Å². The molecular weight excluding hydrogens is 254 g/mol. The average Bonchev–Trinajstić information content (AvgIpc) is 2.78. The summed E-state index contributed by atoms with van der Waals surface area (Å²) in [5.74, 6) is -0.0656. The number of carbonyl (C=O) groups is 1. The van der Waals surface area contributed by atoms with Crippen LogP contribution in [0, 0.1) is 12.3 Å². The minimum atomic E-state index is -0.787. The van der Waals surface area contributed by atoms with Crippen LogP contribution in [0.5, 0.6) is 0 Å². The van der Waals surface area contributed by atoms with Crippen LogP contribution < -0.4 is 5.32 Å². The number of hydrogen-bond acceptors (Lipinski definition) is 3. The summed E-state index contributed by atoms with van der Waals surface area (Å²) in [4.78, 5) is 12.0. The van der Waals surface area contributed by atoms with Gasteiger partial charge in [0.2, 0.25) is 5.91 Å². The van der Waals surface area contributed by atoms with Crippen LogP contribution in [0.4, 0.5) is 0 Å². The van der Waals surface area contributed by atoms with Gasteiger partial charge in [0, 0.05) is 19.3 Å². The quantitative estimate of drug-likeness (QED) is 0.873. The molecule has 2 rings (SSSR count). The number of carbonyl (C=O) groups excluding carboxylic acids is 1. The molecule has 1 saturated carbocycles. The highest BCUT2D eigenvalue weighted by atomic mass is 16.3. The van der Waals surface area contributed by atoms with Crippen molar-refractivity contribution in [1.82, 2.24) is 15.1 Å². The molecule has 5 heteroatoms. The van der Waals surface area contributed by atoms with Gasteiger partial charge in [-0.3, -0.25) is 9.48 Å². The number of nitrogens with one attached hydrogen (secondary N) is 1. The minimum Gasteiger partial charge on any atom is -0.387 e. The first-order chi connectivity index (χ1) is 9.23. The predicted molar refractivity (Wildman–Crippen MR) is 77.2 cm³/mol. The molecule has 1 aromatic heterocycles. The molecule has 1 aliphatic rings. The standard InChI is InChI=1S/C15H25N3O2/c1-11-8-12(18(4)17-11)9-13(19)16-10-15(20)7-5-6-14(15,2)3/h8,20H,5-7,9-10H2,1-4H3,(H,16,19). The Labute approximate surface area is 120 Å². The lowest BCUT2D eigenvalue weighted by molar-refractivity contribution is -0.123. The zero-order valence-electron chi connectivity index (χ0n) is 12.9. The van der Waals surface area contributed by atoms with Crippen molar-refractivity contribution >= 4 is 5.91 Å². The highest BCUT2D eigenvalue weighted by Crippen LogP contribution is 2.45. The van der Waals surface area contributed by atoms with Crippen LogP contribution in [0.3, 0.4) is 0 Å². The van der Waals surface area contributed by atoms with E-state index in [1.807, 2.05) is 20.0 Å². The van der Waals surface area contributed by atoms with E-state index in [1.54, 1.807) is 4.68 Å². The van der Waals surface area contributed by atoms with Crippen molar-refractivity contribution in [2.75, 3.05) is 6.54 Å². The van der Waals surface area contributed by atoms with Crippen molar-refractivity contribution in [3.63, 3.8) is 0 Å². The maximum absolute atomic E-state index is 12.0. The molecule has 2 N–H and O–H groups in total. The van der Waals surface area contributed by atoms with E-state index in [0.29, 0.717) is 13.0 Å². The number of aliphatic hydroxyl groups is 1. The van der Waals surface area contributed by atoms with Crippen LogP contribution in [-0.2, 0) is 18.3 Å². The summed E-state index contributed by atoms with van der Waals surface area (Å²) in [7, 11) is 1.84. The second-order valence-electron chi connectivity index (χ2n) is 6.62. The molecule has 1 heterocycles. The summed E-state index contributed by atoms with van der Waals surface area (Å²) < 4.78 is 1.73. The van der Waals surface area contributed by atoms with Gasteiger partial charge in [0.1, 0.15) is 0 Å². The van der Waals surface area contributed by atoms with Crippen molar-refractivity contribution in [2.24, 2.45) is 12.5 Å². The van der Waals surface area contributed by atoms with Crippen LogP contribution in [0.15, 0.2) is 6.07 Å². The maximum Gasteiger partial charge on any atom is 0.226 e. The highest BCUT2D eigenvalue weighted by molar-refractivity contribution is 5.78. The molecule has 1 atom stereocenters. The summed E-state index contributed by atoms with van der Waals surface area (Å²) in [5.41, 5.74) is 0.873. The number of hydrogen-bond donors (Lipinski definition) is 2. The first-order valence-electron chi connectivity index (χ1n) is 7.22. The largest absolute Gasteiger partial charge is 0.387 e. The average molecular weight is 279 g/mol. The lowest BCUT2D eigenvalue weighted by Crippen LogP contribution is -2.49. The van der Waals surface area contributed by atoms with Crippen LogP contribution >= 0.6 is 0 Å². The monoisotopic (exact) mass is 279 g/mol. The molecule has 5 nitrogen and oxygen atoms in total. The SMILES string of the molecule is Cc1cc(CC(=O)NCC2(O)CCCC2(C)C)n(C)n1. The van der Waals surface area contributed by atoms with Gasteiger partial charge in [0.25, 0.3) is 0 Å². The van der Waals surface area contributed by atoms with Gasteiger partial charge in [-0.25, -0.2) is 0 Å². The fourth-order valence-electron chi connectivity index (χ4n) is 3.02. The van der Waals surface area contributed by atoms with Crippen molar-refractivity contribution in [1.29, 1.82) is 0 Å². The third-order valence-corrected chi connectivity index (χ3v) is 4.67. The van der Waals surface area contributed by atoms with Crippen LogP contribution in [0.25, 0.3) is 0 Å². The van der Waals surface area contributed by atoms with E-state index in [1.165, 1.54) is 0 Å². The first-order valence-corrected chi connectivity index (χ1v) is 7.22. The summed E-state index contributed by atoms with van der Waals surface area (Å²) in [5, 5.41) is 17.8. The Kier molecular flexibility index (Phi) is 3.91. The zero-order chi connectivity index (χ0) is 15.0. The molecule has 20 heavy (non-hydrogen) atoms. The Balaban J connectivity index is 1.91. The Bertz CT molecular complexity index is 507. The van der Waals surface area contributed by atoms with Gasteiger partial charge >= 0.3 is 0 Å². The molecule has 1 amide bonds. The van der Waals surface area contributed by atoms with Crippen molar-refractivity contribution in [2.45, 2.75) is 52.1 Å². The molecule has 0 aliphatic heterocycles. The lowest BCUT2D eigenvalue weighted by atomic mass is 9.78. The fourth-order valence-corrected chi connectivity index (χ4v) is 3.02. The molecule has 0 bridgehead atoms. The lowest BCUT2D eigenvalue weighted by Gasteiger charge is -2.36. The molecule has 0 spiro atoms. The normalized spacial score (nSPS) is 24.9. The smallest absolute Gasteiger partial charge is 0.226 e. The van der Waals surface area contributed by atoms with E-state index in [0.717, 1.165) is 30.7 Å². The van der Waals surface area contributed by atoms with Crippen molar-refractivity contribution < 1.29 is 9.90 Å². The summed E-state index contributed by atoms with van der Waals surface area (Å²) in [6.07, 6.45) is 3.07. The number of aromatic nitrogens is 2. The van der Waals surface area contributed by atoms with Gasteiger partial charge in [0.15, 0.2) is 0 Å². The maximum atomic E-state index is 12.0. The predicted octanol–water partition coefficient (Wildman–Crippen LogP) is 1.33. The molecule has 1 aromatic rings. The third-order valence-electron chi connectivity index (χ3n) is 4.67. The Morgan fingerprint density at radius 2 is 2.20 bits per heavy atom. The topological polar surface area (TPSA) is 67.2 Å². The molecule has 0 saturated heterocycles. The van der Waals surface area contributed by atoms with Gasteiger partial charge < -0.3 is 10.4 Å². The van der Waals surface area contributed by atoms with Crippen molar-refractivity contribution in [3.05, 3.63) is 17.5 Å². The number of amides is 1. The molecule has 0 radical (unpaired) electrons. The number of aryl methyl sites for hydroxylation is 2. The fraction of sp³-hybridized carbons (Fsp3) is 0.733. The van der Waals surface area contributed by atoms with E-state index in [9.17, 15) is 9.90 Å². The number of nitrogens with zero attached hydrogens (tertiary/aromatic N) is 2. The van der Waals surface area contributed by atoms with E-state index >= 15 is 0 Å². The van der Waals surface area contributed by atoms with Crippen LogP contribution in [0.2, 0.25) is 0 Å². The van der Waals surface area contributed by atoms with E-state index in [4.69, 9.17) is 0 Å². The number of rotatable bonds is 4. The summed E-state index contributed by atoms with van der Waals surface area (Å²) >= 11 is 0. The molecule has 0 aromatic carbocycles. The third kappa shape index (κ3) is 2.87. The van der Waals surface area contributed by atoms with Crippen LogP contribution in [-0.4, -0.2) is 32.9 Å². The molecule has 1 aliphatic carbocycles. The van der Waals surface area contributed by atoms with Gasteiger partial charge in [-0.2, -0.15) is 5.10 Å². The second-order valence-corrected chi connectivity index (χ2v) is 6.62. The Morgan fingerprint density at radius 1 is 1.50 bits per heavy atom. The summed E-state index contributed by atoms with van der Waals surface area (Å²) in [6, 6.07) is 1.91. The highest BCUT2D eigenvalue weighted by Gasteiger charge is 2.47. The Hall–Kier alpha value is -1.36. The molecule has 1 unspecified atom stereocenters. The minimum absolute atomic E-state index is 0.0656. The van der Waals surface area contributed by atoms with Gasteiger partial charge in [-0.05, 0) is 37.7 Å². The molecule has 1 fully saturated rings. The van der Waals surface area contributed by atoms with E-state index in [2.05, 4.69) is 24.3 Å². The molecule has 112 valence electrons. The van der Waals surface area contributed by atoms with Crippen LogP contribution in [0.1, 0.15) is 44.5 Å². The van der Waals surface area contributed by atoms with E-state index in [-0.39, 0.29) is 11.3 Å². The first kappa shape index (κ1) is 15.0.